The van der Waals surface area contributed by atoms with Crippen molar-refractivity contribution in [3.63, 3.8) is 0 Å². The summed E-state index contributed by atoms with van der Waals surface area (Å²) in [6.07, 6.45) is 4.23. The second-order valence-corrected chi connectivity index (χ2v) is 3.35. The van der Waals surface area contributed by atoms with Gasteiger partial charge in [-0.2, -0.15) is 0 Å². The van der Waals surface area contributed by atoms with Crippen LogP contribution < -0.4 is 59.1 Å². The molecule has 0 N–H and O–H groups in total. The van der Waals surface area contributed by atoms with Gasteiger partial charge < -0.3 is 2.85 Å². The van der Waals surface area contributed by atoms with Gasteiger partial charge in [-0.25, -0.2) is 0 Å². The molecule has 4 heteroatoms. The minimum absolute atomic E-state index is 0. The van der Waals surface area contributed by atoms with Gasteiger partial charge in [0.1, 0.15) is 0 Å². The topological polar surface area (TPSA) is 0 Å². The maximum Gasteiger partial charge on any atom is 1.00 e. The summed E-state index contributed by atoms with van der Waals surface area (Å²) in [4.78, 5) is 1.37. The number of allylic oxidation sites excluding steroid dienone is 2. The zero-order chi connectivity index (χ0) is 5.11. The molecule has 1 aliphatic rings. The number of rotatable bonds is 0. The molecule has 0 radical (unpaired) electrons. The first-order valence-electron chi connectivity index (χ1n) is 2.09. The fourth-order valence-electron chi connectivity index (χ4n) is 0.350. The van der Waals surface area contributed by atoms with Gasteiger partial charge in [-0.1, -0.05) is 27.7 Å². The largest absolute Gasteiger partial charge is 1.00 e. The Labute approximate surface area is 111 Å². The van der Waals surface area contributed by atoms with Crippen molar-refractivity contribution in [2.75, 3.05) is 0 Å². The molecule has 0 saturated carbocycles. The average Bonchev–Trinajstić information content (AvgIpc) is 2.14. The van der Waals surface area contributed by atoms with E-state index < -0.39 is 0 Å². The Balaban J connectivity index is -0.0000000612. The molecule has 1 rings (SSSR count). The van der Waals surface area contributed by atoms with E-state index in [-0.39, 0.29) is 62.0 Å². The summed E-state index contributed by atoms with van der Waals surface area (Å²) in [5.74, 6) is 0. The Morgan fingerprint density at radius 2 is 2.22 bits per heavy atom. The van der Waals surface area contributed by atoms with E-state index in [4.69, 9.17) is 0 Å². The molecule has 0 spiro atoms. The molecule has 0 nitrogen and oxygen atoms in total. The molecule has 0 aliphatic carbocycles. The van der Waals surface area contributed by atoms with E-state index in [2.05, 4.69) is 24.5 Å². The monoisotopic (exact) mass is 178 g/mol. The first-order chi connectivity index (χ1) is 3.43. The Morgan fingerprint density at radius 1 is 1.56 bits per heavy atom. The van der Waals surface area contributed by atoms with Crippen LogP contribution in [0.25, 0.3) is 0 Å². The van der Waals surface area contributed by atoms with Crippen molar-refractivity contribution in [1.29, 1.82) is 0 Å². The second-order valence-electron chi connectivity index (χ2n) is 1.17. The third-order valence-corrected chi connectivity index (χ3v) is 2.82. The minimum Gasteiger partial charge on any atom is -1.00 e. The molecule has 0 fully saturated rings. The summed E-state index contributed by atoms with van der Waals surface area (Å²) in [5.41, 5.74) is 0. The van der Waals surface area contributed by atoms with Gasteiger partial charge >= 0.3 is 59.1 Å². The van der Waals surface area contributed by atoms with Gasteiger partial charge in [0.2, 0.25) is 0 Å². The zero-order valence-corrected chi connectivity index (χ0v) is 11.7. The van der Waals surface area contributed by atoms with Gasteiger partial charge in [0.05, 0.1) is 0 Å². The Bertz CT molecular complexity index is 125. The molecule has 1 aliphatic heterocycles. The predicted molar refractivity (Wildman–Crippen MR) is 40.3 cm³/mol. The first kappa shape index (κ1) is 13.7. The quantitative estimate of drug-likeness (QED) is 0.287. The first-order valence-corrected chi connectivity index (χ1v) is 4.31. The normalized spacial score (nSPS) is 19.0. The van der Waals surface area contributed by atoms with Crippen LogP contribution in [0, 0.1) is 0 Å². The van der Waals surface area contributed by atoms with Crippen LogP contribution in [-0.4, -0.2) is 0 Å². The van der Waals surface area contributed by atoms with Crippen LogP contribution in [0.5, 0.6) is 0 Å². The Hall–Kier alpha value is 2.18. The smallest absolute Gasteiger partial charge is 1.00 e. The molecule has 1 heterocycles. The van der Waals surface area contributed by atoms with E-state index in [0.717, 1.165) is 0 Å². The van der Waals surface area contributed by atoms with Crippen molar-refractivity contribution in [2.24, 2.45) is 0 Å². The van der Waals surface area contributed by atoms with Crippen molar-refractivity contribution in [2.45, 2.75) is 6.92 Å². The molecule has 0 bridgehead atoms. The molecular formula is C5H8Na2S2. The average molecular weight is 178 g/mol. The Morgan fingerprint density at radius 3 is 2.44 bits per heavy atom. The van der Waals surface area contributed by atoms with E-state index in [1.807, 2.05) is 10.8 Å². The summed E-state index contributed by atoms with van der Waals surface area (Å²) in [6.45, 7) is 2.05. The van der Waals surface area contributed by atoms with Crippen LogP contribution in [0.3, 0.4) is 0 Å². The van der Waals surface area contributed by atoms with Gasteiger partial charge in [0.15, 0.2) is 0 Å². The van der Waals surface area contributed by atoms with Crippen LogP contribution >= 0.6 is 21.6 Å². The van der Waals surface area contributed by atoms with Gasteiger partial charge in [0, 0.05) is 4.91 Å². The molecule has 42 valence electrons. The van der Waals surface area contributed by atoms with E-state index in [1.165, 1.54) is 4.91 Å². The zero-order valence-electron chi connectivity index (χ0n) is 8.05. The van der Waals surface area contributed by atoms with Crippen molar-refractivity contribution >= 4 is 21.6 Å². The van der Waals surface area contributed by atoms with Crippen molar-refractivity contribution in [1.82, 2.24) is 0 Å². The van der Waals surface area contributed by atoms with E-state index in [1.54, 1.807) is 10.8 Å². The standard InChI is InChI=1S/C5H6S2.2Na.2H/c1-2-5-3-4-6-7-5;;;;/h2-4H,1H3;;;;/q;2*+1;2*-1. The van der Waals surface area contributed by atoms with Crippen LogP contribution in [0.1, 0.15) is 9.78 Å². The van der Waals surface area contributed by atoms with E-state index in [9.17, 15) is 0 Å². The third-order valence-electron chi connectivity index (χ3n) is 0.717. The molecule has 9 heavy (non-hydrogen) atoms. The Kier molecular flexibility index (Phi) is 12.6. The van der Waals surface area contributed by atoms with Gasteiger partial charge in [-0.3, -0.25) is 0 Å². The second kappa shape index (κ2) is 8.28. The molecule has 0 saturated heterocycles. The van der Waals surface area contributed by atoms with Crippen molar-refractivity contribution in [3.05, 3.63) is 22.5 Å². The third kappa shape index (κ3) is 5.45. The van der Waals surface area contributed by atoms with Crippen LogP contribution in [0.4, 0.5) is 0 Å². The molecule has 0 unspecified atom stereocenters. The summed E-state index contributed by atoms with van der Waals surface area (Å²) < 4.78 is 0. The SMILES string of the molecule is CC=C1C=CSS1.[H-].[H-].[Na+].[Na+]. The molecule has 0 aromatic rings. The number of hydrogen-bond donors (Lipinski definition) is 0. The summed E-state index contributed by atoms with van der Waals surface area (Å²) in [5, 5.41) is 2.10. The summed E-state index contributed by atoms with van der Waals surface area (Å²) in [6, 6.07) is 0. The van der Waals surface area contributed by atoms with E-state index in [0.29, 0.717) is 0 Å². The van der Waals surface area contributed by atoms with Crippen molar-refractivity contribution < 1.29 is 62.0 Å². The van der Waals surface area contributed by atoms with Gasteiger partial charge in [-0.05, 0) is 18.4 Å². The maximum atomic E-state index is 2.12. The molecule has 0 atom stereocenters. The van der Waals surface area contributed by atoms with Gasteiger partial charge in [0.25, 0.3) is 0 Å². The molecule has 0 aromatic heterocycles. The molecule has 0 aromatic carbocycles. The number of hydrogen-bond acceptors (Lipinski definition) is 2. The fourth-order valence-corrected chi connectivity index (χ4v) is 2.15. The minimum atomic E-state index is 0. The predicted octanol–water partition coefficient (Wildman–Crippen LogP) is -2.97. The summed E-state index contributed by atoms with van der Waals surface area (Å²) >= 11 is 0. The molecule has 0 amide bonds. The maximum absolute atomic E-state index is 2.12. The van der Waals surface area contributed by atoms with E-state index >= 15 is 0 Å². The fraction of sp³-hybridized carbons (Fsp3) is 0.200. The van der Waals surface area contributed by atoms with Gasteiger partial charge in [-0.15, -0.1) is 0 Å². The van der Waals surface area contributed by atoms with Crippen molar-refractivity contribution in [3.8, 4) is 0 Å². The van der Waals surface area contributed by atoms with Crippen LogP contribution in [-0.2, 0) is 0 Å². The van der Waals surface area contributed by atoms with Crippen LogP contribution in [0.2, 0.25) is 0 Å². The molecular weight excluding hydrogens is 170 g/mol. The van der Waals surface area contributed by atoms with Crippen LogP contribution in [0.15, 0.2) is 22.5 Å². The summed E-state index contributed by atoms with van der Waals surface area (Å²) in [7, 11) is 3.58.